The van der Waals surface area contributed by atoms with E-state index < -0.39 is 11.7 Å². The fourth-order valence-electron chi connectivity index (χ4n) is 4.13. The molecule has 1 saturated heterocycles. The second kappa shape index (κ2) is 7.85. The van der Waals surface area contributed by atoms with Gasteiger partial charge in [-0.3, -0.25) is 9.59 Å². The third-order valence-electron chi connectivity index (χ3n) is 5.94. The molecule has 4 rings (SSSR count). The van der Waals surface area contributed by atoms with Crippen molar-refractivity contribution in [1.82, 2.24) is 4.90 Å². The molecule has 1 aromatic rings. The fourth-order valence-corrected chi connectivity index (χ4v) is 5.22. The van der Waals surface area contributed by atoms with Crippen molar-refractivity contribution in [2.45, 2.75) is 55.3 Å². The van der Waals surface area contributed by atoms with Gasteiger partial charge in [0, 0.05) is 35.7 Å². The topological polar surface area (TPSA) is 40.6 Å². The second-order valence-electron chi connectivity index (χ2n) is 8.28. The molecule has 0 bridgehead atoms. The summed E-state index contributed by atoms with van der Waals surface area (Å²) >= 11 is 1.51. The lowest BCUT2D eigenvalue weighted by Crippen LogP contribution is -2.47. The quantitative estimate of drug-likeness (QED) is 0.696. The van der Waals surface area contributed by atoms with Crippen LogP contribution in [0.25, 0.3) is 0 Å². The van der Waals surface area contributed by atoms with Crippen molar-refractivity contribution in [1.29, 1.82) is 0 Å². The van der Waals surface area contributed by atoms with Gasteiger partial charge < -0.3 is 9.80 Å². The van der Waals surface area contributed by atoms with Crippen molar-refractivity contribution >= 4 is 29.3 Å². The first-order valence-electron chi connectivity index (χ1n) is 10.2. The second-order valence-corrected chi connectivity index (χ2v) is 9.77. The van der Waals surface area contributed by atoms with Gasteiger partial charge in [-0.2, -0.15) is 13.2 Å². The molecule has 0 N–H and O–H groups in total. The molecule has 4 nitrogen and oxygen atoms in total. The molecule has 2 fully saturated rings. The maximum atomic E-state index is 13.4. The highest BCUT2D eigenvalue weighted by Crippen LogP contribution is 2.42. The van der Waals surface area contributed by atoms with Crippen molar-refractivity contribution in [2.24, 2.45) is 11.8 Å². The molecule has 158 valence electrons. The number of likely N-dealkylation sites (tertiary alicyclic amines) is 1. The number of anilines is 1. The molecule has 8 heteroatoms. The summed E-state index contributed by atoms with van der Waals surface area (Å²) in [6.07, 6.45) is -0.482. The molecule has 2 aliphatic heterocycles. The number of alkyl halides is 3. The van der Waals surface area contributed by atoms with E-state index in [1.807, 2.05) is 6.92 Å². The van der Waals surface area contributed by atoms with E-state index >= 15 is 0 Å². The van der Waals surface area contributed by atoms with Crippen LogP contribution in [-0.2, 0) is 15.8 Å². The number of nitrogens with zero attached hydrogens (tertiary/aromatic N) is 2. The lowest BCUT2D eigenvalue weighted by molar-refractivity contribution is -0.138. The Morgan fingerprint density at radius 3 is 2.48 bits per heavy atom. The molecule has 2 heterocycles. The smallest absolute Gasteiger partial charge is 0.342 e. The minimum atomic E-state index is -4.45. The van der Waals surface area contributed by atoms with Crippen LogP contribution in [-0.4, -0.2) is 41.6 Å². The maximum Gasteiger partial charge on any atom is 0.416 e. The standard InChI is InChI=1S/C21H25F3N2O2S/c1-13-8-10-26(17-11-16(21(22,23)24)6-7-18(17)29-13)20(28)15-3-2-9-25(12-15)19(27)14-4-5-14/h6-7,11,13-15H,2-5,8-10,12H2,1H3. The number of thioether (sulfide) groups is 1. The number of carbonyl (C=O) groups is 2. The largest absolute Gasteiger partial charge is 0.416 e. The summed E-state index contributed by atoms with van der Waals surface area (Å²) in [5.41, 5.74) is -0.386. The molecule has 2 unspecified atom stereocenters. The fraction of sp³-hybridized carbons (Fsp3) is 0.619. The molecular formula is C21H25F3N2O2S. The highest BCUT2D eigenvalue weighted by Gasteiger charge is 2.39. The number of rotatable bonds is 2. The highest BCUT2D eigenvalue weighted by atomic mass is 32.2. The average Bonchev–Trinajstić information content (AvgIpc) is 3.53. The Morgan fingerprint density at radius 2 is 1.79 bits per heavy atom. The third-order valence-corrected chi connectivity index (χ3v) is 7.18. The lowest BCUT2D eigenvalue weighted by atomic mass is 9.95. The Kier molecular flexibility index (Phi) is 5.57. The Bertz CT molecular complexity index is 810. The first kappa shape index (κ1) is 20.6. The first-order valence-corrected chi connectivity index (χ1v) is 11.1. The van der Waals surface area contributed by atoms with Crippen LogP contribution in [0, 0.1) is 11.8 Å². The predicted molar refractivity (Wildman–Crippen MR) is 106 cm³/mol. The Balaban J connectivity index is 1.60. The zero-order valence-electron chi connectivity index (χ0n) is 16.4. The number of fused-ring (bicyclic) bond motifs is 1. The summed E-state index contributed by atoms with van der Waals surface area (Å²) in [6, 6.07) is 3.67. The molecule has 0 radical (unpaired) electrons. The SMILES string of the molecule is CC1CCN(C(=O)C2CCCN(C(=O)C3CC3)C2)c2cc(C(F)(F)F)ccc2S1. The monoisotopic (exact) mass is 426 g/mol. The van der Waals surface area contributed by atoms with Gasteiger partial charge in [-0.25, -0.2) is 0 Å². The van der Waals surface area contributed by atoms with E-state index in [0.29, 0.717) is 43.1 Å². The Hall–Kier alpha value is -1.70. The highest BCUT2D eigenvalue weighted by molar-refractivity contribution is 8.00. The number of carbonyl (C=O) groups excluding carboxylic acids is 2. The van der Waals surface area contributed by atoms with Crippen molar-refractivity contribution in [2.75, 3.05) is 24.5 Å². The molecule has 3 aliphatic rings. The van der Waals surface area contributed by atoms with Crippen molar-refractivity contribution in [3.05, 3.63) is 23.8 Å². The van der Waals surface area contributed by atoms with E-state index in [9.17, 15) is 22.8 Å². The number of hydrogen-bond donors (Lipinski definition) is 0. The van der Waals surface area contributed by atoms with E-state index in [0.717, 1.165) is 31.4 Å². The van der Waals surface area contributed by atoms with Crippen LogP contribution in [0.1, 0.15) is 44.6 Å². The molecule has 1 aromatic carbocycles. The maximum absolute atomic E-state index is 13.4. The minimum absolute atomic E-state index is 0.106. The van der Waals surface area contributed by atoms with Gasteiger partial charge in [0.05, 0.1) is 17.2 Å². The number of piperidine rings is 1. The van der Waals surface area contributed by atoms with Crippen LogP contribution in [0.2, 0.25) is 0 Å². The predicted octanol–water partition coefficient (Wildman–Crippen LogP) is 4.57. The van der Waals surface area contributed by atoms with Crippen LogP contribution in [0.3, 0.4) is 0 Å². The van der Waals surface area contributed by atoms with Crippen molar-refractivity contribution in [3.8, 4) is 0 Å². The van der Waals surface area contributed by atoms with Gasteiger partial charge in [0.15, 0.2) is 0 Å². The van der Waals surface area contributed by atoms with E-state index in [1.165, 1.54) is 22.7 Å². The molecule has 2 amide bonds. The number of benzene rings is 1. The molecule has 2 atom stereocenters. The van der Waals surface area contributed by atoms with Gasteiger partial charge in [0.25, 0.3) is 0 Å². The van der Waals surface area contributed by atoms with Crippen molar-refractivity contribution in [3.63, 3.8) is 0 Å². The van der Waals surface area contributed by atoms with Gasteiger partial charge in [-0.1, -0.05) is 6.92 Å². The lowest BCUT2D eigenvalue weighted by Gasteiger charge is -2.35. The zero-order valence-corrected chi connectivity index (χ0v) is 17.2. The molecule has 29 heavy (non-hydrogen) atoms. The van der Waals surface area contributed by atoms with Crippen LogP contribution in [0.4, 0.5) is 18.9 Å². The van der Waals surface area contributed by atoms with Crippen LogP contribution >= 0.6 is 11.8 Å². The molecular weight excluding hydrogens is 401 g/mol. The number of hydrogen-bond acceptors (Lipinski definition) is 3. The molecule has 0 aromatic heterocycles. The normalized spacial score (nSPS) is 25.4. The molecule has 1 aliphatic carbocycles. The molecule has 0 spiro atoms. The summed E-state index contributed by atoms with van der Waals surface area (Å²) in [5.74, 6) is -0.280. The minimum Gasteiger partial charge on any atom is -0.342 e. The van der Waals surface area contributed by atoms with Gasteiger partial charge >= 0.3 is 6.18 Å². The number of amides is 2. The van der Waals surface area contributed by atoms with E-state index in [-0.39, 0.29) is 28.9 Å². The van der Waals surface area contributed by atoms with Gasteiger partial charge in [-0.15, -0.1) is 11.8 Å². The van der Waals surface area contributed by atoms with E-state index in [1.54, 1.807) is 4.90 Å². The molecule has 1 saturated carbocycles. The summed E-state index contributed by atoms with van der Waals surface area (Å²) in [5, 5.41) is 0.211. The zero-order chi connectivity index (χ0) is 20.8. The van der Waals surface area contributed by atoms with Crippen LogP contribution < -0.4 is 4.90 Å². The first-order chi connectivity index (χ1) is 13.7. The Morgan fingerprint density at radius 1 is 1.03 bits per heavy atom. The third kappa shape index (κ3) is 4.42. The van der Waals surface area contributed by atoms with E-state index in [4.69, 9.17) is 0 Å². The number of halogens is 3. The van der Waals surface area contributed by atoms with Gasteiger partial charge in [0.1, 0.15) is 0 Å². The summed E-state index contributed by atoms with van der Waals surface area (Å²) in [7, 11) is 0. The van der Waals surface area contributed by atoms with Gasteiger partial charge in [0.2, 0.25) is 11.8 Å². The summed E-state index contributed by atoms with van der Waals surface area (Å²) in [6.45, 7) is 3.47. The summed E-state index contributed by atoms with van der Waals surface area (Å²) < 4.78 is 39.9. The van der Waals surface area contributed by atoms with Gasteiger partial charge in [-0.05, 0) is 50.3 Å². The Labute approximate surface area is 172 Å². The van der Waals surface area contributed by atoms with Crippen LogP contribution in [0.15, 0.2) is 23.1 Å². The van der Waals surface area contributed by atoms with Crippen LogP contribution in [0.5, 0.6) is 0 Å². The summed E-state index contributed by atoms with van der Waals surface area (Å²) in [4.78, 5) is 29.8. The van der Waals surface area contributed by atoms with E-state index in [2.05, 4.69) is 0 Å². The van der Waals surface area contributed by atoms with Crippen molar-refractivity contribution < 1.29 is 22.8 Å². The average molecular weight is 427 g/mol.